The largest absolute Gasteiger partial charge is 0.461 e. The van der Waals surface area contributed by atoms with Gasteiger partial charge in [0.15, 0.2) is 0 Å². The van der Waals surface area contributed by atoms with Gasteiger partial charge in [-0.1, -0.05) is 6.92 Å². The van der Waals surface area contributed by atoms with E-state index in [0.717, 1.165) is 19.4 Å². The molecule has 1 atom stereocenters. The molecule has 0 bridgehead atoms. The first-order chi connectivity index (χ1) is 10.0. The predicted molar refractivity (Wildman–Crippen MR) is 86.4 cm³/mol. The Kier molecular flexibility index (Phi) is 7.96. The number of rotatable bonds is 10. The Bertz CT molecular complexity index is 456. The van der Waals surface area contributed by atoms with E-state index in [4.69, 9.17) is 4.74 Å². The average Bonchev–Trinajstić information content (AvgIpc) is 2.40. The zero-order chi connectivity index (χ0) is 15.7. The minimum Gasteiger partial charge on any atom is -0.461 e. The summed E-state index contributed by atoms with van der Waals surface area (Å²) < 4.78 is 16.5. The molecule has 1 aromatic rings. The molecule has 7 nitrogen and oxygen atoms in total. The maximum atomic E-state index is 11.0. The highest BCUT2D eigenvalue weighted by Crippen LogP contribution is 2.12. The number of anilines is 2. The lowest BCUT2D eigenvalue weighted by molar-refractivity contribution is 0.222. The van der Waals surface area contributed by atoms with Gasteiger partial charge in [-0.3, -0.25) is 4.21 Å². The number of hydrogen-bond donors (Lipinski definition) is 2. The van der Waals surface area contributed by atoms with Crippen LogP contribution in [0.3, 0.4) is 0 Å². The second-order valence-electron chi connectivity index (χ2n) is 4.92. The molecule has 0 saturated carbocycles. The van der Waals surface area contributed by atoms with Crippen LogP contribution in [0.25, 0.3) is 0 Å². The fourth-order valence-electron chi connectivity index (χ4n) is 1.49. The molecule has 0 saturated heterocycles. The molecule has 0 aliphatic rings. The third-order valence-electron chi connectivity index (χ3n) is 2.38. The van der Waals surface area contributed by atoms with Crippen LogP contribution in [0.5, 0.6) is 6.01 Å². The van der Waals surface area contributed by atoms with Crippen molar-refractivity contribution in [1.29, 1.82) is 0 Å². The van der Waals surface area contributed by atoms with Crippen molar-refractivity contribution in [2.24, 2.45) is 0 Å². The van der Waals surface area contributed by atoms with E-state index in [1.165, 1.54) is 0 Å². The quantitative estimate of drug-likeness (QED) is 0.635. The van der Waals surface area contributed by atoms with Gasteiger partial charge in [0.2, 0.25) is 11.9 Å². The van der Waals surface area contributed by atoms with Crippen LogP contribution in [0.4, 0.5) is 11.9 Å². The van der Waals surface area contributed by atoms with Crippen LogP contribution < -0.4 is 15.4 Å². The fourth-order valence-corrected chi connectivity index (χ4v) is 2.04. The van der Waals surface area contributed by atoms with E-state index >= 15 is 0 Å². The zero-order valence-electron chi connectivity index (χ0n) is 13.2. The Morgan fingerprint density at radius 2 is 1.76 bits per heavy atom. The average molecular weight is 315 g/mol. The Hall–Kier alpha value is -1.44. The number of aromatic nitrogens is 3. The normalized spacial score (nSPS) is 12.2. The topological polar surface area (TPSA) is 89.0 Å². The Morgan fingerprint density at radius 3 is 2.29 bits per heavy atom. The van der Waals surface area contributed by atoms with Crippen LogP contribution in [0.2, 0.25) is 0 Å². The summed E-state index contributed by atoms with van der Waals surface area (Å²) in [6.07, 6.45) is 3.48. The van der Waals surface area contributed by atoms with Gasteiger partial charge in [0, 0.05) is 35.9 Å². The molecule has 120 valence electrons. The molecule has 0 fully saturated rings. The number of nitrogens with zero attached hydrogens (tertiary/aromatic N) is 3. The zero-order valence-corrected chi connectivity index (χ0v) is 14.0. The number of nitrogens with one attached hydrogen (secondary N) is 2. The summed E-state index contributed by atoms with van der Waals surface area (Å²) in [5, 5.41) is 6.24. The maximum Gasteiger partial charge on any atom is 0.323 e. The molecule has 0 aromatic carbocycles. The lowest BCUT2D eigenvalue weighted by Gasteiger charge is -2.12. The second-order valence-corrected chi connectivity index (χ2v) is 6.47. The Labute approximate surface area is 128 Å². The van der Waals surface area contributed by atoms with Gasteiger partial charge in [-0.15, -0.1) is 0 Å². The SMILES string of the molecule is CCCNc1nc(NCCCS(C)=O)nc(OC(C)C)n1. The molecule has 0 amide bonds. The molecule has 1 rings (SSSR count). The first-order valence-corrected chi connectivity index (χ1v) is 8.94. The fraction of sp³-hybridized carbons (Fsp3) is 0.769. The second kappa shape index (κ2) is 9.49. The van der Waals surface area contributed by atoms with E-state index in [1.54, 1.807) is 6.26 Å². The molecule has 0 aliphatic carbocycles. The third kappa shape index (κ3) is 7.79. The molecule has 8 heteroatoms. The summed E-state index contributed by atoms with van der Waals surface area (Å²) in [5.74, 6) is 1.64. The van der Waals surface area contributed by atoms with Crippen molar-refractivity contribution in [1.82, 2.24) is 15.0 Å². The van der Waals surface area contributed by atoms with Crippen LogP contribution in [0.1, 0.15) is 33.6 Å². The summed E-state index contributed by atoms with van der Waals surface area (Å²) in [6, 6.07) is 0.306. The van der Waals surface area contributed by atoms with Crippen molar-refractivity contribution < 1.29 is 8.95 Å². The van der Waals surface area contributed by atoms with Gasteiger partial charge in [0.25, 0.3) is 0 Å². The smallest absolute Gasteiger partial charge is 0.323 e. The van der Waals surface area contributed by atoms with Crippen molar-refractivity contribution in [2.45, 2.75) is 39.7 Å². The van der Waals surface area contributed by atoms with E-state index in [2.05, 4.69) is 32.5 Å². The van der Waals surface area contributed by atoms with Gasteiger partial charge in [-0.25, -0.2) is 0 Å². The first-order valence-electron chi connectivity index (χ1n) is 7.21. The first kappa shape index (κ1) is 17.6. The molecule has 0 spiro atoms. The summed E-state index contributed by atoms with van der Waals surface area (Å²) in [5.41, 5.74) is 0. The lowest BCUT2D eigenvalue weighted by Crippen LogP contribution is -2.15. The van der Waals surface area contributed by atoms with Gasteiger partial charge in [-0.2, -0.15) is 15.0 Å². The summed E-state index contributed by atoms with van der Waals surface area (Å²) in [4.78, 5) is 12.7. The molecule has 2 N–H and O–H groups in total. The Morgan fingerprint density at radius 1 is 1.14 bits per heavy atom. The van der Waals surface area contributed by atoms with Gasteiger partial charge in [0.1, 0.15) is 0 Å². The van der Waals surface area contributed by atoms with Crippen molar-refractivity contribution in [3.63, 3.8) is 0 Å². The van der Waals surface area contributed by atoms with Crippen LogP contribution >= 0.6 is 0 Å². The highest BCUT2D eigenvalue weighted by molar-refractivity contribution is 7.84. The molecule has 1 aromatic heterocycles. The van der Waals surface area contributed by atoms with E-state index in [0.29, 0.717) is 30.2 Å². The van der Waals surface area contributed by atoms with Gasteiger partial charge >= 0.3 is 6.01 Å². The van der Waals surface area contributed by atoms with Crippen molar-refractivity contribution in [3.05, 3.63) is 0 Å². The van der Waals surface area contributed by atoms with E-state index < -0.39 is 10.8 Å². The van der Waals surface area contributed by atoms with Gasteiger partial charge in [0.05, 0.1) is 6.10 Å². The standard InChI is InChI=1S/C13H25N5O2S/c1-5-7-14-11-16-12(15-8-6-9-21(4)19)18-13(17-11)20-10(2)3/h10H,5-9H2,1-4H3,(H2,14,15,16,17,18). The molecular weight excluding hydrogens is 290 g/mol. The summed E-state index contributed by atoms with van der Waals surface area (Å²) in [7, 11) is -0.775. The molecule has 1 heterocycles. The highest BCUT2D eigenvalue weighted by Gasteiger charge is 2.08. The Balaban J connectivity index is 2.68. The van der Waals surface area contributed by atoms with Crippen molar-refractivity contribution in [2.75, 3.05) is 35.7 Å². The van der Waals surface area contributed by atoms with E-state index in [-0.39, 0.29) is 6.10 Å². The van der Waals surface area contributed by atoms with Crippen LogP contribution in [-0.4, -0.2) is 50.4 Å². The molecule has 21 heavy (non-hydrogen) atoms. The van der Waals surface area contributed by atoms with Gasteiger partial charge in [-0.05, 0) is 26.7 Å². The summed E-state index contributed by atoms with van der Waals surface area (Å²) >= 11 is 0. The molecule has 1 unspecified atom stereocenters. The van der Waals surface area contributed by atoms with Crippen LogP contribution in [0, 0.1) is 0 Å². The van der Waals surface area contributed by atoms with Crippen LogP contribution in [0.15, 0.2) is 0 Å². The molecule has 0 radical (unpaired) electrons. The van der Waals surface area contributed by atoms with Crippen molar-refractivity contribution in [3.8, 4) is 6.01 Å². The van der Waals surface area contributed by atoms with Crippen LogP contribution in [-0.2, 0) is 10.8 Å². The number of hydrogen-bond acceptors (Lipinski definition) is 7. The van der Waals surface area contributed by atoms with Crippen molar-refractivity contribution >= 4 is 22.7 Å². The predicted octanol–water partition coefficient (Wildman–Crippen LogP) is 1.66. The monoisotopic (exact) mass is 315 g/mol. The lowest BCUT2D eigenvalue weighted by atomic mass is 10.5. The third-order valence-corrected chi connectivity index (χ3v) is 3.24. The minimum absolute atomic E-state index is 0.00166. The number of ether oxygens (including phenoxy) is 1. The van der Waals surface area contributed by atoms with Gasteiger partial charge < -0.3 is 15.4 Å². The minimum atomic E-state index is -0.775. The molecule has 0 aliphatic heterocycles. The van der Waals surface area contributed by atoms with E-state index in [1.807, 2.05) is 13.8 Å². The maximum absolute atomic E-state index is 11.0. The highest BCUT2D eigenvalue weighted by atomic mass is 32.2. The van der Waals surface area contributed by atoms with E-state index in [9.17, 15) is 4.21 Å². The summed E-state index contributed by atoms with van der Waals surface area (Å²) in [6.45, 7) is 7.38. The molecular formula is C13H25N5O2S.